The van der Waals surface area contributed by atoms with Crippen LogP contribution in [0, 0.1) is 12.8 Å². The highest BCUT2D eigenvalue weighted by Gasteiger charge is 2.08. The van der Waals surface area contributed by atoms with Crippen molar-refractivity contribution in [1.82, 2.24) is 9.55 Å². The molecular weight excluding hydrogens is 264 g/mol. The lowest BCUT2D eigenvalue weighted by atomic mass is 10.1. The number of hydrogen-bond donors (Lipinski definition) is 1. The molecule has 5 nitrogen and oxygen atoms in total. The first-order valence-corrected chi connectivity index (χ1v) is 7.43. The number of hydrogen-bond acceptors (Lipinski definition) is 4. The predicted molar refractivity (Wildman–Crippen MR) is 75.6 cm³/mol. The van der Waals surface area contributed by atoms with E-state index in [0.29, 0.717) is 19.1 Å². The van der Waals surface area contributed by atoms with E-state index in [1.807, 2.05) is 17.7 Å². The molecule has 0 unspecified atom stereocenters. The number of nitrogens with zero attached hydrogens (tertiary/aromatic N) is 2. The minimum atomic E-state index is -0.828. The second-order valence-corrected chi connectivity index (χ2v) is 5.78. The molecule has 0 spiro atoms. The zero-order chi connectivity index (χ0) is 14.3. The fraction of sp³-hybridized carbons (Fsp3) is 0.692. The second kappa shape index (κ2) is 8.22. The van der Waals surface area contributed by atoms with Gasteiger partial charge in [0.15, 0.2) is 5.16 Å². The molecule has 1 heterocycles. The Kier molecular flexibility index (Phi) is 6.94. The molecule has 0 saturated carbocycles. The number of rotatable bonds is 9. The van der Waals surface area contributed by atoms with Crippen molar-refractivity contribution in [3.8, 4) is 0 Å². The van der Waals surface area contributed by atoms with Crippen molar-refractivity contribution in [3.05, 3.63) is 11.9 Å². The van der Waals surface area contributed by atoms with Crippen molar-refractivity contribution in [3.63, 3.8) is 0 Å². The van der Waals surface area contributed by atoms with Crippen molar-refractivity contribution < 1.29 is 14.6 Å². The smallest absolute Gasteiger partial charge is 0.313 e. The summed E-state index contributed by atoms with van der Waals surface area (Å²) in [5.74, 6) is -0.146. The maximum absolute atomic E-state index is 10.6. The molecule has 0 aliphatic heterocycles. The van der Waals surface area contributed by atoms with Gasteiger partial charge in [0, 0.05) is 19.3 Å². The fourth-order valence-electron chi connectivity index (χ4n) is 1.51. The summed E-state index contributed by atoms with van der Waals surface area (Å²) in [6.45, 7) is 8.35. The van der Waals surface area contributed by atoms with Gasteiger partial charge in [-0.3, -0.25) is 4.79 Å². The average Bonchev–Trinajstić information content (AvgIpc) is 2.66. The molecule has 1 aromatic rings. The number of ether oxygens (including phenoxy) is 1. The van der Waals surface area contributed by atoms with Crippen molar-refractivity contribution in [2.75, 3.05) is 19.0 Å². The van der Waals surface area contributed by atoms with Crippen LogP contribution in [-0.2, 0) is 16.1 Å². The summed E-state index contributed by atoms with van der Waals surface area (Å²) in [6.07, 6.45) is 2.99. The first-order chi connectivity index (χ1) is 8.99. The Morgan fingerprint density at radius 2 is 2.26 bits per heavy atom. The Morgan fingerprint density at radius 3 is 2.89 bits per heavy atom. The van der Waals surface area contributed by atoms with E-state index in [-0.39, 0.29) is 5.75 Å². The maximum atomic E-state index is 10.6. The minimum Gasteiger partial charge on any atom is -0.481 e. The van der Waals surface area contributed by atoms with Crippen LogP contribution in [0.15, 0.2) is 11.4 Å². The Labute approximate surface area is 118 Å². The maximum Gasteiger partial charge on any atom is 0.313 e. The van der Waals surface area contributed by atoms with Crippen LogP contribution in [-0.4, -0.2) is 39.6 Å². The third-order valence-corrected chi connectivity index (χ3v) is 3.48. The zero-order valence-electron chi connectivity index (χ0n) is 11.8. The lowest BCUT2D eigenvalue weighted by molar-refractivity contribution is -0.133. The van der Waals surface area contributed by atoms with E-state index in [2.05, 4.69) is 18.8 Å². The number of carboxylic acid groups (broad SMARTS) is 1. The Bertz CT molecular complexity index is 405. The number of carboxylic acids is 1. The van der Waals surface area contributed by atoms with E-state index in [9.17, 15) is 4.79 Å². The summed E-state index contributed by atoms with van der Waals surface area (Å²) < 4.78 is 7.52. The quantitative estimate of drug-likeness (QED) is 0.558. The van der Waals surface area contributed by atoms with E-state index in [0.717, 1.165) is 23.9 Å². The van der Waals surface area contributed by atoms with Gasteiger partial charge in [-0.2, -0.15) is 0 Å². The fourth-order valence-corrected chi connectivity index (χ4v) is 2.28. The van der Waals surface area contributed by atoms with Crippen LogP contribution in [0.25, 0.3) is 0 Å². The molecule has 1 aromatic heterocycles. The number of carbonyl (C=O) groups is 1. The summed E-state index contributed by atoms with van der Waals surface area (Å²) in [5, 5.41) is 9.43. The molecule has 0 fully saturated rings. The van der Waals surface area contributed by atoms with Crippen LogP contribution in [0.1, 0.15) is 26.0 Å². The number of imidazole rings is 1. The monoisotopic (exact) mass is 286 g/mol. The summed E-state index contributed by atoms with van der Waals surface area (Å²) >= 11 is 1.24. The first-order valence-electron chi connectivity index (χ1n) is 6.45. The van der Waals surface area contributed by atoms with Gasteiger partial charge in [0.05, 0.1) is 18.1 Å². The van der Waals surface area contributed by atoms with E-state index in [4.69, 9.17) is 9.84 Å². The molecule has 0 radical (unpaired) electrons. The van der Waals surface area contributed by atoms with Crippen LogP contribution < -0.4 is 0 Å². The molecule has 0 aromatic carbocycles. The SMILES string of the molecule is Cc1cn(CCOCCC(C)C)c(SCC(=O)O)n1. The molecule has 19 heavy (non-hydrogen) atoms. The van der Waals surface area contributed by atoms with E-state index < -0.39 is 5.97 Å². The van der Waals surface area contributed by atoms with Crippen molar-refractivity contribution >= 4 is 17.7 Å². The van der Waals surface area contributed by atoms with Gasteiger partial charge in [0.1, 0.15) is 0 Å². The highest BCUT2D eigenvalue weighted by atomic mass is 32.2. The highest BCUT2D eigenvalue weighted by Crippen LogP contribution is 2.17. The lowest BCUT2D eigenvalue weighted by Gasteiger charge is -2.08. The summed E-state index contributed by atoms with van der Waals surface area (Å²) in [6, 6.07) is 0. The van der Waals surface area contributed by atoms with Crippen LogP contribution in [0.4, 0.5) is 0 Å². The molecule has 1 N–H and O–H groups in total. The van der Waals surface area contributed by atoms with Gasteiger partial charge < -0.3 is 14.4 Å². The van der Waals surface area contributed by atoms with Gasteiger partial charge in [0.2, 0.25) is 0 Å². The standard InChI is InChI=1S/C13H22N2O3S/c1-10(2)4-6-18-7-5-15-8-11(3)14-13(15)19-9-12(16)17/h8,10H,4-7,9H2,1-3H3,(H,16,17). The largest absolute Gasteiger partial charge is 0.481 e. The summed E-state index contributed by atoms with van der Waals surface area (Å²) in [5.41, 5.74) is 0.898. The Hall–Kier alpha value is -1.01. The van der Waals surface area contributed by atoms with Gasteiger partial charge in [-0.1, -0.05) is 25.6 Å². The highest BCUT2D eigenvalue weighted by molar-refractivity contribution is 7.99. The van der Waals surface area contributed by atoms with Crippen molar-refractivity contribution in [1.29, 1.82) is 0 Å². The van der Waals surface area contributed by atoms with Gasteiger partial charge in [-0.25, -0.2) is 4.98 Å². The molecule has 0 amide bonds. The molecule has 6 heteroatoms. The molecule has 0 bridgehead atoms. The molecule has 0 saturated heterocycles. The van der Waals surface area contributed by atoms with E-state index in [1.54, 1.807) is 0 Å². The number of thioether (sulfide) groups is 1. The van der Waals surface area contributed by atoms with E-state index in [1.165, 1.54) is 11.8 Å². The van der Waals surface area contributed by atoms with Gasteiger partial charge in [-0.15, -0.1) is 0 Å². The molecular formula is C13H22N2O3S. The molecule has 0 aliphatic carbocycles. The van der Waals surface area contributed by atoms with Crippen LogP contribution >= 0.6 is 11.8 Å². The van der Waals surface area contributed by atoms with Gasteiger partial charge in [-0.05, 0) is 19.3 Å². The predicted octanol–water partition coefficient (Wildman–Crippen LogP) is 2.43. The Balaban J connectivity index is 2.37. The van der Waals surface area contributed by atoms with Gasteiger partial charge in [0.25, 0.3) is 0 Å². The summed E-state index contributed by atoms with van der Waals surface area (Å²) in [7, 11) is 0. The minimum absolute atomic E-state index is 0.0324. The van der Waals surface area contributed by atoms with Gasteiger partial charge >= 0.3 is 5.97 Å². The first kappa shape index (κ1) is 16.0. The third-order valence-electron chi connectivity index (χ3n) is 2.50. The number of aromatic nitrogens is 2. The Morgan fingerprint density at radius 1 is 1.53 bits per heavy atom. The van der Waals surface area contributed by atoms with Crippen LogP contribution in [0.2, 0.25) is 0 Å². The van der Waals surface area contributed by atoms with Crippen LogP contribution in [0.5, 0.6) is 0 Å². The normalized spacial score (nSPS) is 11.2. The molecule has 0 atom stereocenters. The van der Waals surface area contributed by atoms with Crippen molar-refractivity contribution in [2.24, 2.45) is 5.92 Å². The third kappa shape index (κ3) is 6.63. The van der Waals surface area contributed by atoms with E-state index >= 15 is 0 Å². The zero-order valence-corrected chi connectivity index (χ0v) is 12.6. The number of aliphatic carboxylic acids is 1. The second-order valence-electron chi connectivity index (χ2n) is 4.84. The molecule has 108 valence electrons. The van der Waals surface area contributed by atoms with Crippen LogP contribution in [0.3, 0.4) is 0 Å². The molecule has 0 aliphatic rings. The number of aryl methyl sites for hydroxylation is 1. The molecule has 1 rings (SSSR count). The average molecular weight is 286 g/mol. The summed E-state index contributed by atoms with van der Waals surface area (Å²) in [4.78, 5) is 14.9. The lowest BCUT2D eigenvalue weighted by Crippen LogP contribution is -2.09. The van der Waals surface area contributed by atoms with Crippen molar-refractivity contribution in [2.45, 2.75) is 38.9 Å². The topological polar surface area (TPSA) is 64.3 Å².